The lowest BCUT2D eigenvalue weighted by molar-refractivity contribution is 0.0941. The van der Waals surface area contributed by atoms with Gasteiger partial charge >= 0.3 is 0 Å². The lowest BCUT2D eigenvalue weighted by Gasteiger charge is -2.08. The molecule has 1 N–H and O–H groups in total. The molecule has 0 aliphatic heterocycles. The Morgan fingerprint density at radius 2 is 2.13 bits per heavy atom. The van der Waals surface area contributed by atoms with E-state index < -0.39 is 0 Å². The van der Waals surface area contributed by atoms with E-state index in [9.17, 15) is 4.79 Å². The maximum Gasteiger partial charge on any atom is 0.268 e. The number of para-hydroxylation sites is 1. The Labute approximate surface area is 140 Å². The van der Waals surface area contributed by atoms with Crippen molar-refractivity contribution in [3.05, 3.63) is 52.1 Å². The minimum Gasteiger partial charge on any atom is -0.345 e. The van der Waals surface area contributed by atoms with E-state index in [4.69, 9.17) is 0 Å². The van der Waals surface area contributed by atoms with Crippen molar-refractivity contribution in [3.63, 3.8) is 0 Å². The number of thiazole rings is 1. The van der Waals surface area contributed by atoms with E-state index in [1.807, 2.05) is 40.3 Å². The van der Waals surface area contributed by atoms with E-state index in [0.717, 1.165) is 28.1 Å². The summed E-state index contributed by atoms with van der Waals surface area (Å²) in [5.74, 6) is 0.370. The van der Waals surface area contributed by atoms with Gasteiger partial charge < -0.3 is 9.88 Å². The molecule has 0 radical (unpaired) electrons. The second-order valence-corrected chi connectivity index (χ2v) is 6.74. The van der Waals surface area contributed by atoms with Gasteiger partial charge in [0.15, 0.2) is 0 Å². The number of nitrogens with zero attached hydrogens (tertiary/aromatic N) is 2. The molecule has 0 atom stereocenters. The van der Waals surface area contributed by atoms with Crippen molar-refractivity contribution >= 4 is 28.1 Å². The quantitative estimate of drug-likeness (QED) is 0.764. The van der Waals surface area contributed by atoms with Crippen LogP contribution in [0.2, 0.25) is 0 Å². The van der Waals surface area contributed by atoms with Gasteiger partial charge in [-0.25, -0.2) is 4.98 Å². The van der Waals surface area contributed by atoms with E-state index in [2.05, 4.69) is 31.1 Å². The average molecular weight is 327 g/mol. The van der Waals surface area contributed by atoms with Crippen LogP contribution in [0.1, 0.15) is 47.9 Å². The standard InChI is InChI=1S/C18H21N3OS/c1-4-21-15-8-6-5-7-13(15)9-16(21)17(22)19-10-14-11-23-18(20-14)12(2)3/h5-9,11-12H,4,10H2,1-3H3,(H,19,22). The van der Waals surface area contributed by atoms with Crippen molar-refractivity contribution in [2.45, 2.75) is 39.8 Å². The molecule has 2 heterocycles. The van der Waals surface area contributed by atoms with Crippen LogP contribution >= 0.6 is 11.3 Å². The van der Waals surface area contributed by atoms with Crippen molar-refractivity contribution in [1.82, 2.24) is 14.9 Å². The topological polar surface area (TPSA) is 46.9 Å². The average Bonchev–Trinajstić information content (AvgIpc) is 3.16. The van der Waals surface area contributed by atoms with E-state index in [1.54, 1.807) is 11.3 Å². The van der Waals surface area contributed by atoms with Gasteiger partial charge in [0.05, 0.1) is 17.2 Å². The summed E-state index contributed by atoms with van der Waals surface area (Å²) in [6, 6.07) is 10.0. The molecular weight excluding hydrogens is 306 g/mol. The first-order valence-corrected chi connectivity index (χ1v) is 8.79. The minimum absolute atomic E-state index is 0.0536. The van der Waals surface area contributed by atoms with Crippen LogP contribution in [0.25, 0.3) is 10.9 Å². The van der Waals surface area contributed by atoms with Crippen LogP contribution in [0, 0.1) is 0 Å². The maximum atomic E-state index is 12.6. The zero-order valence-corrected chi connectivity index (χ0v) is 14.5. The third-order valence-corrected chi connectivity index (χ3v) is 5.05. The van der Waals surface area contributed by atoms with E-state index in [-0.39, 0.29) is 5.91 Å². The molecule has 0 spiro atoms. The van der Waals surface area contributed by atoms with Crippen LogP contribution in [0.3, 0.4) is 0 Å². The van der Waals surface area contributed by atoms with Crippen LogP contribution in [0.15, 0.2) is 35.7 Å². The number of amides is 1. The van der Waals surface area contributed by atoms with Crippen LogP contribution in [-0.4, -0.2) is 15.5 Å². The van der Waals surface area contributed by atoms with Crippen LogP contribution < -0.4 is 5.32 Å². The highest BCUT2D eigenvalue weighted by Crippen LogP contribution is 2.21. The van der Waals surface area contributed by atoms with Crippen LogP contribution in [-0.2, 0) is 13.1 Å². The van der Waals surface area contributed by atoms with E-state index in [1.165, 1.54) is 0 Å². The first kappa shape index (κ1) is 15.7. The smallest absolute Gasteiger partial charge is 0.268 e. The molecule has 3 aromatic rings. The molecule has 1 aromatic carbocycles. The molecule has 0 saturated heterocycles. The summed E-state index contributed by atoms with van der Waals surface area (Å²) in [7, 11) is 0. The number of carbonyl (C=O) groups is 1. The zero-order valence-electron chi connectivity index (χ0n) is 13.7. The van der Waals surface area contributed by atoms with Crippen LogP contribution in [0.4, 0.5) is 0 Å². The fourth-order valence-electron chi connectivity index (χ4n) is 2.67. The van der Waals surface area contributed by atoms with Crippen molar-refractivity contribution < 1.29 is 4.79 Å². The SMILES string of the molecule is CCn1c(C(=O)NCc2csc(C(C)C)n2)cc2ccccc21. The Bertz CT molecular complexity index is 832. The highest BCUT2D eigenvalue weighted by molar-refractivity contribution is 7.09. The first-order valence-electron chi connectivity index (χ1n) is 7.91. The van der Waals surface area contributed by atoms with Gasteiger partial charge in [-0.1, -0.05) is 32.0 Å². The molecular formula is C18H21N3OS. The number of benzene rings is 1. The fraction of sp³-hybridized carbons (Fsp3) is 0.333. The molecule has 23 heavy (non-hydrogen) atoms. The van der Waals surface area contributed by atoms with Gasteiger partial charge in [0.25, 0.3) is 5.91 Å². The molecule has 0 aliphatic rings. The Balaban J connectivity index is 1.77. The first-order chi connectivity index (χ1) is 11.1. The molecule has 3 rings (SSSR count). The Morgan fingerprint density at radius 3 is 2.83 bits per heavy atom. The molecule has 2 aromatic heterocycles. The number of hydrogen-bond acceptors (Lipinski definition) is 3. The van der Waals surface area contributed by atoms with E-state index >= 15 is 0 Å². The van der Waals surface area contributed by atoms with Crippen molar-refractivity contribution in [2.75, 3.05) is 0 Å². The molecule has 0 aliphatic carbocycles. The predicted octanol–water partition coefficient (Wildman–Crippen LogP) is 4.17. The molecule has 0 unspecified atom stereocenters. The fourth-order valence-corrected chi connectivity index (χ4v) is 3.50. The maximum absolute atomic E-state index is 12.6. The molecule has 120 valence electrons. The predicted molar refractivity (Wildman–Crippen MR) is 95.0 cm³/mol. The number of carbonyl (C=O) groups excluding carboxylic acids is 1. The number of nitrogens with one attached hydrogen (secondary N) is 1. The Kier molecular flexibility index (Phi) is 4.48. The highest BCUT2D eigenvalue weighted by Gasteiger charge is 2.15. The zero-order chi connectivity index (χ0) is 16.4. The summed E-state index contributed by atoms with van der Waals surface area (Å²) in [6.07, 6.45) is 0. The normalized spacial score (nSPS) is 11.3. The summed E-state index contributed by atoms with van der Waals surface area (Å²) in [4.78, 5) is 17.1. The van der Waals surface area contributed by atoms with Crippen molar-refractivity contribution in [2.24, 2.45) is 0 Å². The monoisotopic (exact) mass is 327 g/mol. The molecule has 5 heteroatoms. The van der Waals surface area contributed by atoms with Gasteiger partial charge in [0.1, 0.15) is 5.69 Å². The van der Waals surface area contributed by atoms with Gasteiger partial charge in [-0.3, -0.25) is 4.79 Å². The third kappa shape index (κ3) is 3.15. The number of aryl methyl sites for hydroxylation is 1. The van der Waals surface area contributed by atoms with Crippen molar-refractivity contribution in [1.29, 1.82) is 0 Å². The number of rotatable bonds is 5. The summed E-state index contributed by atoms with van der Waals surface area (Å²) in [5.41, 5.74) is 2.72. The lowest BCUT2D eigenvalue weighted by Crippen LogP contribution is -2.25. The minimum atomic E-state index is -0.0536. The molecule has 4 nitrogen and oxygen atoms in total. The molecule has 0 bridgehead atoms. The van der Waals surface area contributed by atoms with Crippen LogP contribution in [0.5, 0.6) is 0 Å². The van der Waals surface area contributed by atoms with Gasteiger partial charge in [0, 0.05) is 28.7 Å². The largest absolute Gasteiger partial charge is 0.345 e. The summed E-state index contributed by atoms with van der Waals surface area (Å²) in [6.45, 7) is 7.54. The number of aromatic nitrogens is 2. The second kappa shape index (κ2) is 6.54. The highest BCUT2D eigenvalue weighted by atomic mass is 32.1. The third-order valence-electron chi connectivity index (χ3n) is 3.85. The lowest BCUT2D eigenvalue weighted by atomic mass is 10.2. The van der Waals surface area contributed by atoms with Gasteiger partial charge in [-0.2, -0.15) is 0 Å². The van der Waals surface area contributed by atoms with E-state index in [0.29, 0.717) is 18.2 Å². The van der Waals surface area contributed by atoms with Gasteiger partial charge in [-0.15, -0.1) is 11.3 Å². The Hall–Kier alpha value is -2.14. The number of hydrogen-bond donors (Lipinski definition) is 1. The van der Waals surface area contributed by atoms with Gasteiger partial charge in [-0.05, 0) is 19.1 Å². The summed E-state index contributed by atoms with van der Waals surface area (Å²) in [5, 5.41) is 7.21. The Morgan fingerprint density at radius 1 is 1.35 bits per heavy atom. The summed E-state index contributed by atoms with van der Waals surface area (Å²) < 4.78 is 2.05. The molecule has 0 fully saturated rings. The second-order valence-electron chi connectivity index (χ2n) is 5.85. The van der Waals surface area contributed by atoms with Crippen molar-refractivity contribution in [3.8, 4) is 0 Å². The molecule has 1 amide bonds. The summed E-state index contributed by atoms with van der Waals surface area (Å²) >= 11 is 1.65. The van der Waals surface area contributed by atoms with Gasteiger partial charge in [0.2, 0.25) is 0 Å². The molecule has 0 saturated carbocycles. The number of fused-ring (bicyclic) bond motifs is 1.